The molecule has 0 amide bonds. The van der Waals surface area contributed by atoms with E-state index in [4.69, 9.17) is 34.8 Å². The molecule has 0 radical (unpaired) electrons. The van der Waals surface area contributed by atoms with Crippen LogP contribution in [0.1, 0.15) is 11.1 Å². The van der Waals surface area contributed by atoms with Gasteiger partial charge in [-0.1, -0.05) is 75.0 Å². The second-order valence-corrected chi connectivity index (χ2v) is 6.23. The summed E-state index contributed by atoms with van der Waals surface area (Å²) in [5.41, 5.74) is 1.82. The van der Waals surface area contributed by atoms with Gasteiger partial charge in [0.25, 0.3) is 0 Å². The van der Waals surface area contributed by atoms with Crippen LogP contribution in [-0.4, -0.2) is 0 Å². The van der Waals surface area contributed by atoms with Gasteiger partial charge in [-0.25, -0.2) is 0 Å². The normalized spacial score (nSPS) is 30.7. The van der Waals surface area contributed by atoms with Crippen molar-refractivity contribution >= 4 is 50.7 Å². The molecule has 1 unspecified atom stereocenters. The molecular weight excluding hydrogens is 282 g/mol. The fourth-order valence-electron chi connectivity index (χ4n) is 1.31. The number of hydrogen-bond acceptors (Lipinski definition) is 0. The number of fused-ring (bicyclic) bond motifs is 1. The summed E-state index contributed by atoms with van der Waals surface area (Å²) in [5, 5.41) is 0. The van der Waals surface area contributed by atoms with Crippen molar-refractivity contribution in [3.05, 3.63) is 35.4 Å². The van der Waals surface area contributed by atoms with Gasteiger partial charge in [-0.2, -0.15) is 0 Å². The molecule has 0 aromatic heterocycles. The van der Waals surface area contributed by atoms with Gasteiger partial charge in [0.2, 0.25) is 0 Å². The van der Waals surface area contributed by atoms with Crippen molar-refractivity contribution in [3.8, 4) is 0 Å². The van der Waals surface area contributed by atoms with Crippen LogP contribution in [0.5, 0.6) is 0 Å². The summed E-state index contributed by atoms with van der Waals surface area (Å²) >= 11 is 21.4. The molecule has 1 aliphatic rings. The van der Waals surface area contributed by atoms with Gasteiger partial charge < -0.3 is 0 Å². The monoisotopic (exact) mass is 284 g/mol. The van der Waals surface area contributed by atoms with E-state index in [1.54, 1.807) is 0 Å². The molecule has 0 fully saturated rings. The second kappa shape index (κ2) is 2.54. The highest BCUT2D eigenvalue weighted by Crippen LogP contribution is 2.67. The van der Waals surface area contributed by atoms with Crippen LogP contribution in [0.3, 0.4) is 0 Å². The summed E-state index contributed by atoms with van der Waals surface area (Å²) in [6, 6.07) is 7.56. The predicted molar refractivity (Wildman–Crippen MR) is 56.3 cm³/mol. The second-order valence-electron chi connectivity index (χ2n) is 2.69. The van der Waals surface area contributed by atoms with Crippen LogP contribution in [0.25, 0.3) is 0 Å². The van der Waals surface area contributed by atoms with Gasteiger partial charge in [-0.3, -0.25) is 0 Å². The minimum atomic E-state index is -1.02. The van der Waals surface area contributed by atoms with Gasteiger partial charge >= 0.3 is 0 Å². The van der Waals surface area contributed by atoms with E-state index in [2.05, 4.69) is 15.9 Å². The Balaban J connectivity index is 2.64. The third-order valence-corrected chi connectivity index (χ3v) is 5.13. The van der Waals surface area contributed by atoms with E-state index in [9.17, 15) is 0 Å². The first-order chi connectivity index (χ1) is 5.48. The SMILES string of the molecule is ClC1(Cl)c2ccccc2C1(Cl)Br. The molecule has 0 N–H and O–H groups in total. The molecule has 1 atom stereocenters. The topological polar surface area (TPSA) is 0 Å². The molecule has 1 aliphatic carbocycles. The van der Waals surface area contributed by atoms with Crippen molar-refractivity contribution < 1.29 is 0 Å². The quantitative estimate of drug-likeness (QED) is 0.629. The van der Waals surface area contributed by atoms with E-state index < -0.39 is 8.12 Å². The molecule has 0 bridgehead atoms. The van der Waals surface area contributed by atoms with Crippen molar-refractivity contribution in [2.45, 2.75) is 8.12 Å². The third-order valence-electron chi connectivity index (χ3n) is 2.00. The van der Waals surface area contributed by atoms with Gasteiger partial charge in [0, 0.05) is 0 Å². The zero-order valence-electron chi connectivity index (χ0n) is 5.82. The van der Waals surface area contributed by atoms with Crippen LogP contribution in [0.4, 0.5) is 0 Å². The Morgan fingerprint density at radius 2 is 1.50 bits per heavy atom. The smallest absolute Gasteiger partial charge is 0.0977 e. The zero-order valence-corrected chi connectivity index (χ0v) is 9.68. The Hall–Kier alpha value is 0.570. The molecule has 64 valence electrons. The third kappa shape index (κ3) is 0.913. The summed E-state index contributed by atoms with van der Waals surface area (Å²) < 4.78 is -1.86. The molecule has 1 aromatic carbocycles. The fraction of sp³-hybridized carbons (Fsp3) is 0.250. The molecule has 0 saturated carbocycles. The lowest BCUT2D eigenvalue weighted by atomic mass is 9.87. The lowest BCUT2D eigenvalue weighted by molar-refractivity contribution is 0.657. The van der Waals surface area contributed by atoms with E-state index in [1.165, 1.54) is 0 Å². The van der Waals surface area contributed by atoms with E-state index in [0.717, 1.165) is 11.1 Å². The average molecular weight is 286 g/mol. The molecule has 0 aliphatic heterocycles. The van der Waals surface area contributed by atoms with E-state index in [-0.39, 0.29) is 0 Å². The van der Waals surface area contributed by atoms with Crippen molar-refractivity contribution in [1.29, 1.82) is 0 Å². The summed E-state index contributed by atoms with van der Waals surface area (Å²) in [5.74, 6) is 0. The van der Waals surface area contributed by atoms with Gasteiger partial charge in [0.15, 0.2) is 8.12 Å². The summed E-state index contributed by atoms with van der Waals surface area (Å²) in [7, 11) is 0. The number of rotatable bonds is 0. The van der Waals surface area contributed by atoms with Crippen molar-refractivity contribution in [3.63, 3.8) is 0 Å². The highest BCUT2D eigenvalue weighted by atomic mass is 79.9. The number of alkyl halides is 4. The van der Waals surface area contributed by atoms with Gasteiger partial charge in [0.1, 0.15) is 0 Å². The molecule has 0 saturated heterocycles. The molecular formula is C8H4BrCl3. The first kappa shape index (κ1) is 9.14. The van der Waals surface area contributed by atoms with Crippen LogP contribution in [0.2, 0.25) is 0 Å². The Bertz CT molecular complexity index is 300. The fourth-order valence-corrected chi connectivity index (χ4v) is 2.67. The standard InChI is InChI=1S/C8H4BrCl3/c9-7(10)5-3-1-2-4-6(5)8(7,11)12/h1-4H. The highest BCUT2D eigenvalue weighted by Gasteiger charge is 2.59. The van der Waals surface area contributed by atoms with Crippen molar-refractivity contribution in [2.75, 3.05) is 0 Å². The Morgan fingerprint density at radius 1 is 1.00 bits per heavy atom. The maximum Gasteiger partial charge on any atom is 0.176 e. The summed E-state index contributed by atoms with van der Waals surface area (Å²) in [6.07, 6.45) is 0. The summed E-state index contributed by atoms with van der Waals surface area (Å²) in [4.78, 5) is 0. The van der Waals surface area contributed by atoms with Crippen LogP contribution in [0.15, 0.2) is 24.3 Å². The van der Waals surface area contributed by atoms with Crippen LogP contribution >= 0.6 is 50.7 Å². The zero-order chi connectivity index (χ0) is 8.98. The first-order valence-corrected chi connectivity index (χ1v) is 5.26. The highest BCUT2D eigenvalue weighted by molar-refractivity contribution is 9.10. The number of benzene rings is 1. The predicted octanol–water partition coefficient (Wildman–Crippen LogP) is 4.12. The van der Waals surface area contributed by atoms with E-state index in [1.807, 2.05) is 24.3 Å². The van der Waals surface area contributed by atoms with Gasteiger partial charge in [-0.05, 0) is 11.1 Å². The lowest BCUT2D eigenvalue weighted by Crippen LogP contribution is -2.42. The Labute approximate surface area is 93.9 Å². The molecule has 0 heterocycles. The largest absolute Gasteiger partial charge is 0.176 e. The maximum atomic E-state index is 6.08. The molecule has 0 nitrogen and oxygen atoms in total. The molecule has 0 spiro atoms. The van der Waals surface area contributed by atoms with E-state index >= 15 is 0 Å². The van der Waals surface area contributed by atoms with Crippen LogP contribution < -0.4 is 0 Å². The molecule has 12 heavy (non-hydrogen) atoms. The maximum absolute atomic E-state index is 6.08. The van der Waals surface area contributed by atoms with Crippen molar-refractivity contribution in [1.82, 2.24) is 0 Å². The number of hydrogen-bond donors (Lipinski definition) is 0. The number of halogens is 4. The molecule has 4 heteroatoms. The Morgan fingerprint density at radius 3 is 2.00 bits per heavy atom. The molecule has 1 aromatic rings. The molecule has 2 rings (SSSR count). The van der Waals surface area contributed by atoms with E-state index in [0.29, 0.717) is 0 Å². The van der Waals surface area contributed by atoms with Gasteiger partial charge in [0.05, 0.1) is 0 Å². The van der Waals surface area contributed by atoms with Crippen molar-refractivity contribution in [2.24, 2.45) is 0 Å². The van der Waals surface area contributed by atoms with Crippen LogP contribution in [0, 0.1) is 0 Å². The Kier molecular flexibility index (Phi) is 1.93. The first-order valence-electron chi connectivity index (χ1n) is 3.33. The lowest BCUT2D eigenvalue weighted by Gasteiger charge is -2.45. The minimum absolute atomic E-state index is 0.834. The summed E-state index contributed by atoms with van der Waals surface area (Å²) in [6.45, 7) is 0. The average Bonchev–Trinajstić information content (AvgIpc) is 2.04. The van der Waals surface area contributed by atoms with Gasteiger partial charge in [-0.15, -0.1) is 0 Å². The minimum Gasteiger partial charge on any atom is -0.0977 e. The van der Waals surface area contributed by atoms with Crippen LogP contribution in [-0.2, 0) is 8.12 Å².